The fourth-order valence-corrected chi connectivity index (χ4v) is 5.32. The average Bonchev–Trinajstić information content (AvgIpc) is 3.23. The predicted molar refractivity (Wildman–Crippen MR) is 150 cm³/mol. The zero-order valence-corrected chi connectivity index (χ0v) is 21.5. The highest BCUT2D eigenvalue weighted by molar-refractivity contribution is 6.54. The molecule has 9 nitrogen and oxygen atoms in total. The molecule has 4 amide bonds. The van der Waals surface area contributed by atoms with Crippen LogP contribution in [0.4, 0.5) is 0 Å². The van der Waals surface area contributed by atoms with E-state index < -0.39 is 29.2 Å². The van der Waals surface area contributed by atoms with Gasteiger partial charge in [-0.15, -0.1) is 0 Å². The number of nitrogens with zero attached hydrogens (tertiary/aromatic N) is 2. The summed E-state index contributed by atoms with van der Waals surface area (Å²) in [6, 6.07) is 4.25. The summed E-state index contributed by atoms with van der Waals surface area (Å²) in [5, 5.41) is 0.447. The topological polar surface area (TPSA) is 105 Å². The van der Waals surface area contributed by atoms with Gasteiger partial charge in [-0.1, -0.05) is 28.5 Å². The quantitative estimate of drug-likeness (QED) is 0.311. The first-order valence-corrected chi connectivity index (χ1v) is 12.5. The van der Waals surface area contributed by atoms with Gasteiger partial charge in [-0.05, 0) is 35.0 Å². The summed E-state index contributed by atoms with van der Waals surface area (Å²) in [5.74, 6) is -1.41. The van der Waals surface area contributed by atoms with Crippen molar-refractivity contribution in [2.45, 2.75) is 36.8 Å². The number of hydrogen-bond donors (Lipinski definition) is 1. The molecule has 0 saturated carbocycles. The Bertz CT molecular complexity index is 1440. The van der Waals surface area contributed by atoms with E-state index in [-0.39, 0.29) is 84.2 Å². The Morgan fingerprint density at radius 1 is 1.10 bits per heavy atom. The Kier molecular flexibility index (Phi) is 7.46. The van der Waals surface area contributed by atoms with Crippen LogP contribution in [0.2, 0.25) is 0 Å². The molecular formula is C25H19B6N3O6. The third kappa shape index (κ3) is 4.78. The summed E-state index contributed by atoms with van der Waals surface area (Å²) in [6.45, 7) is 0.284. The van der Waals surface area contributed by atoms with Crippen LogP contribution in [0.3, 0.4) is 0 Å². The number of benzene rings is 2. The second kappa shape index (κ2) is 10.6. The molecule has 15 heteroatoms. The minimum atomic E-state index is -1.82. The Morgan fingerprint density at radius 2 is 1.85 bits per heavy atom. The maximum absolute atomic E-state index is 13.1. The second-order valence-corrected chi connectivity index (χ2v) is 9.90. The Morgan fingerprint density at radius 3 is 2.55 bits per heavy atom. The van der Waals surface area contributed by atoms with E-state index in [1.165, 1.54) is 15.9 Å². The number of piperidine rings is 1. The molecule has 0 spiro atoms. The summed E-state index contributed by atoms with van der Waals surface area (Å²) in [5.41, 5.74) is 1.17. The molecule has 2 saturated heterocycles. The first-order valence-electron chi connectivity index (χ1n) is 12.5. The monoisotopic (exact) mass is 523 g/mol. The van der Waals surface area contributed by atoms with Crippen LogP contribution >= 0.6 is 0 Å². The summed E-state index contributed by atoms with van der Waals surface area (Å²) in [7, 11) is 38.1. The maximum Gasteiger partial charge on any atom is 0.255 e. The minimum Gasteiger partial charge on any atom is -0.496 e. The zero-order valence-electron chi connectivity index (χ0n) is 21.5. The van der Waals surface area contributed by atoms with Crippen LogP contribution in [-0.4, -0.2) is 106 Å². The first kappa shape index (κ1) is 28.2. The van der Waals surface area contributed by atoms with Crippen molar-refractivity contribution in [1.82, 2.24) is 15.1 Å². The molecule has 0 aromatic heterocycles. The zero-order chi connectivity index (χ0) is 28.9. The van der Waals surface area contributed by atoms with Crippen molar-refractivity contribution >= 4 is 87.1 Å². The second-order valence-electron chi connectivity index (χ2n) is 9.90. The number of fused-ring (bicyclic) bond motifs is 1. The maximum atomic E-state index is 13.1. The van der Waals surface area contributed by atoms with E-state index >= 15 is 0 Å². The molecule has 2 unspecified atom stereocenters. The van der Waals surface area contributed by atoms with Crippen LogP contribution in [0.5, 0.6) is 5.75 Å². The molecule has 2 aromatic carbocycles. The third-order valence-electron chi connectivity index (χ3n) is 7.42. The summed E-state index contributed by atoms with van der Waals surface area (Å²) in [6.07, 6.45) is 0.353. The van der Waals surface area contributed by atoms with Crippen LogP contribution in [0.1, 0.15) is 45.9 Å². The lowest BCUT2D eigenvalue weighted by molar-refractivity contribution is -0.145. The molecule has 2 aromatic rings. The number of imide groups is 1. The van der Waals surface area contributed by atoms with Gasteiger partial charge >= 0.3 is 0 Å². The highest BCUT2D eigenvalue weighted by atomic mass is 16.5. The minimum absolute atomic E-state index is 0.0231. The molecule has 2 atom stereocenters. The van der Waals surface area contributed by atoms with Gasteiger partial charge in [0.2, 0.25) is 17.7 Å². The number of carbonyl (C=O) groups is 4. The van der Waals surface area contributed by atoms with Crippen molar-refractivity contribution in [1.29, 1.82) is 0 Å². The molecule has 12 radical (unpaired) electrons. The van der Waals surface area contributed by atoms with Crippen LogP contribution in [0.15, 0.2) is 24.3 Å². The standard InChI is InChI=1S/C25H19B6N3O6/c26-14-8-13(25(30,31)34-6-7-39-10-18(34)36)20(27)21(28)19(14)22(29)40-16-3-1-2-11-12(16)9-33(24(11)38)15-4-5-17(35)32-23(15)37/h1-3,8,15,22H,4-7,9-10H2,(H,32,35,37). The van der Waals surface area contributed by atoms with E-state index in [1.807, 2.05) is 0 Å². The van der Waals surface area contributed by atoms with E-state index in [4.69, 9.17) is 56.6 Å². The van der Waals surface area contributed by atoms with Gasteiger partial charge in [0.05, 0.1) is 34.8 Å². The lowest BCUT2D eigenvalue weighted by atomic mass is 9.52. The van der Waals surface area contributed by atoms with Crippen LogP contribution in [0.25, 0.3) is 0 Å². The van der Waals surface area contributed by atoms with Gasteiger partial charge < -0.3 is 19.3 Å². The fourth-order valence-electron chi connectivity index (χ4n) is 5.32. The van der Waals surface area contributed by atoms with Crippen LogP contribution < -0.4 is 26.4 Å². The average molecular weight is 522 g/mol. The van der Waals surface area contributed by atoms with Crippen molar-refractivity contribution in [2.24, 2.45) is 0 Å². The van der Waals surface area contributed by atoms with E-state index in [0.29, 0.717) is 11.1 Å². The lowest BCUT2D eigenvalue weighted by Gasteiger charge is -2.44. The normalized spacial score (nSPS) is 20.4. The SMILES string of the molecule is [B]c1cc(C([B])([B])N2CCOCC2=O)c([B])c([B])c1C([B])Oc1cccc2c1CN(C1CCC(=O)NC1=O)C2=O. The van der Waals surface area contributed by atoms with Crippen molar-refractivity contribution in [3.8, 4) is 5.75 Å². The predicted octanol–water partition coefficient (Wildman–Crippen LogP) is -3.62. The molecule has 3 aliphatic rings. The van der Waals surface area contributed by atoms with Crippen LogP contribution in [-0.2, 0) is 31.0 Å². The van der Waals surface area contributed by atoms with Crippen molar-refractivity contribution in [3.05, 3.63) is 46.5 Å². The largest absolute Gasteiger partial charge is 0.496 e. The number of nitrogens with one attached hydrogen (secondary N) is 1. The summed E-state index contributed by atoms with van der Waals surface area (Å²) >= 11 is 0. The Labute approximate surface area is 239 Å². The number of morpholine rings is 1. The number of rotatable bonds is 6. The molecule has 5 rings (SSSR count). The van der Waals surface area contributed by atoms with Crippen molar-refractivity contribution < 1.29 is 28.7 Å². The number of carbonyl (C=O) groups excluding carboxylic acids is 4. The van der Waals surface area contributed by atoms with Gasteiger partial charge in [0.1, 0.15) is 49.8 Å². The Hall–Kier alpha value is -3.33. The fraction of sp³-hybridized carbons (Fsp3) is 0.360. The smallest absolute Gasteiger partial charge is 0.255 e. The highest BCUT2D eigenvalue weighted by Gasteiger charge is 2.40. The molecular weight excluding hydrogens is 503 g/mol. The van der Waals surface area contributed by atoms with Gasteiger partial charge in [-0.2, -0.15) is 0 Å². The van der Waals surface area contributed by atoms with Gasteiger partial charge in [0.25, 0.3) is 5.91 Å². The van der Waals surface area contributed by atoms with E-state index in [0.717, 1.165) is 0 Å². The number of ether oxygens (including phenoxy) is 2. The van der Waals surface area contributed by atoms with Gasteiger partial charge in [0.15, 0.2) is 0 Å². The number of amides is 4. The molecule has 40 heavy (non-hydrogen) atoms. The molecule has 2 fully saturated rings. The van der Waals surface area contributed by atoms with Gasteiger partial charge in [-0.25, -0.2) is 0 Å². The van der Waals surface area contributed by atoms with E-state index in [1.54, 1.807) is 18.2 Å². The molecule has 188 valence electrons. The van der Waals surface area contributed by atoms with E-state index in [2.05, 4.69) is 5.32 Å². The molecule has 3 heterocycles. The highest BCUT2D eigenvalue weighted by Crippen LogP contribution is 2.35. The molecule has 3 aliphatic heterocycles. The summed E-state index contributed by atoms with van der Waals surface area (Å²) < 4.78 is 11.2. The lowest BCUT2D eigenvalue weighted by Crippen LogP contribution is -2.58. The Balaban J connectivity index is 1.41. The van der Waals surface area contributed by atoms with E-state index in [9.17, 15) is 19.2 Å². The van der Waals surface area contributed by atoms with Gasteiger partial charge in [0, 0.05) is 24.1 Å². The molecule has 1 N–H and O–H groups in total. The molecule has 0 aliphatic carbocycles. The van der Waals surface area contributed by atoms with Gasteiger partial charge in [-0.3, -0.25) is 24.5 Å². The molecule has 0 bridgehead atoms. The summed E-state index contributed by atoms with van der Waals surface area (Å²) in [4.78, 5) is 52.1. The first-order chi connectivity index (χ1) is 18.9. The number of hydrogen-bond acceptors (Lipinski definition) is 6. The third-order valence-corrected chi connectivity index (χ3v) is 7.42. The van der Waals surface area contributed by atoms with Crippen molar-refractivity contribution in [2.75, 3.05) is 19.8 Å². The van der Waals surface area contributed by atoms with Crippen LogP contribution in [0, 0.1) is 0 Å². The van der Waals surface area contributed by atoms with Crippen molar-refractivity contribution in [3.63, 3.8) is 0 Å².